The van der Waals surface area contributed by atoms with Crippen molar-refractivity contribution in [1.29, 1.82) is 0 Å². The minimum absolute atomic E-state index is 0.00624. The summed E-state index contributed by atoms with van der Waals surface area (Å²) in [5.74, 6) is 0. The molecule has 1 rings (SSSR count). The molecule has 8 nitrogen and oxygen atoms in total. The lowest BCUT2D eigenvalue weighted by Crippen LogP contribution is -2.61. The second-order valence-electron chi connectivity index (χ2n) is 5.51. The van der Waals surface area contributed by atoms with Crippen molar-refractivity contribution in [1.82, 2.24) is 0 Å². The lowest BCUT2D eigenvalue weighted by Gasteiger charge is -2.44. The molecule has 12 heteroatoms. The van der Waals surface area contributed by atoms with Crippen LogP contribution in [0, 0.1) is 0 Å². The van der Waals surface area contributed by atoms with E-state index in [-0.39, 0.29) is 19.8 Å². The molecule has 1 N–H and O–H groups in total. The summed E-state index contributed by atoms with van der Waals surface area (Å²) >= 11 is 0. The normalized spacial score (nSPS) is 28.6. The molecule has 28 heavy (non-hydrogen) atoms. The van der Waals surface area contributed by atoms with E-state index in [1.807, 2.05) is 0 Å². The number of rotatable bonds is 12. The van der Waals surface area contributed by atoms with Gasteiger partial charge >= 0.3 is 15.6 Å². The van der Waals surface area contributed by atoms with Gasteiger partial charge in [0.1, 0.15) is 24.4 Å². The fourth-order valence-electron chi connectivity index (χ4n) is 2.36. The van der Waals surface area contributed by atoms with Crippen LogP contribution in [0.4, 0.5) is 13.2 Å². The molecule has 0 unspecified atom stereocenters. The topological polar surface area (TPSA) is 101 Å². The fraction of sp³-hybridized carbons (Fsp3) is 0.625. The zero-order chi connectivity index (χ0) is 21.4. The van der Waals surface area contributed by atoms with Gasteiger partial charge in [-0.25, -0.2) is 0 Å². The van der Waals surface area contributed by atoms with Crippen molar-refractivity contribution >= 4 is 10.1 Å². The van der Waals surface area contributed by atoms with Crippen LogP contribution in [-0.4, -0.2) is 76.2 Å². The molecule has 0 saturated carbocycles. The molecular formula is C16H23F3O8S. The van der Waals surface area contributed by atoms with E-state index < -0.39 is 52.9 Å². The Labute approximate surface area is 161 Å². The molecule has 162 valence electrons. The third kappa shape index (κ3) is 6.65. The molecule has 0 spiro atoms. The molecule has 0 amide bonds. The maximum absolute atomic E-state index is 12.5. The second kappa shape index (κ2) is 11.0. The minimum atomic E-state index is -5.86. The van der Waals surface area contributed by atoms with Crippen molar-refractivity contribution < 1.29 is 49.8 Å². The van der Waals surface area contributed by atoms with Gasteiger partial charge in [0, 0.05) is 0 Å². The Kier molecular flexibility index (Phi) is 9.77. The average molecular weight is 432 g/mol. The van der Waals surface area contributed by atoms with Gasteiger partial charge in [-0.3, -0.25) is 4.18 Å². The van der Waals surface area contributed by atoms with Crippen molar-refractivity contribution in [3.05, 3.63) is 38.0 Å². The van der Waals surface area contributed by atoms with E-state index in [9.17, 15) is 26.7 Å². The van der Waals surface area contributed by atoms with E-state index in [4.69, 9.17) is 18.9 Å². The van der Waals surface area contributed by atoms with Gasteiger partial charge in [0.25, 0.3) is 0 Å². The first-order valence-corrected chi connectivity index (χ1v) is 9.46. The summed E-state index contributed by atoms with van der Waals surface area (Å²) in [5.41, 5.74) is -5.61. The first-order chi connectivity index (χ1) is 13.1. The third-order valence-corrected chi connectivity index (χ3v) is 4.51. The maximum Gasteiger partial charge on any atom is 0.523 e. The maximum atomic E-state index is 12.5. The van der Waals surface area contributed by atoms with E-state index >= 15 is 0 Å². The molecule has 0 bridgehead atoms. The molecule has 1 aliphatic rings. The van der Waals surface area contributed by atoms with E-state index in [0.29, 0.717) is 0 Å². The standard InChI is InChI=1S/C16H23F3O8S/c1-4-7-23-12-11(10-26-28(21,22)16(17,18)19)27-15(20)14(25-9-6-3)13(12)24-8-5-2/h4-6,11-15,20H,1-3,7-10H2/t11-,12-,13+,14-,15-/m1/s1. The molecule has 0 aromatic carbocycles. The largest absolute Gasteiger partial charge is 0.523 e. The van der Waals surface area contributed by atoms with Crippen LogP contribution in [0.5, 0.6) is 0 Å². The van der Waals surface area contributed by atoms with Crippen LogP contribution in [0.3, 0.4) is 0 Å². The highest BCUT2D eigenvalue weighted by Gasteiger charge is 2.51. The summed E-state index contributed by atoms with van der Waals surface area (Å²) < 4.78 is 85.5. The Bertz CT molecular complexity index is 622. The average Bonchev–Trinajstić information content (AvgIpc) is 2.61. The van der Waals surface area contributed by atoms with Crippen molar-refractivity contribution in [3.63, 3.8) is 0 Å². The monoisotopic (exact) mass is 432 g/mol. The van der Waals surface area contributed by atoms with Crippen LogP contribution < -0.4 is 0 Å². The SMILES string of the molecule is C=CCO[C@@H]1[C@@H](OCC=C)[C@H](O)O[C@H](COS(=O)(=O)C(F)(F)F)[C@H]1OCC=C. The molecule has 0 radical (unpaired) electrons. The number of hydrogen-bond donors (Lipinski definition) is 1. The number of hydrogen-bond acceptors (Lipinski definition) is 8. The van der Waals surface area contributed by atoms with Crippen LogP contribution >= 0.6 is 0 Å². The zero-order valence-corrected chi connectivity index (χ0v) is 15.7. The number of aliphatic hydroxyl groups excluding tert-OH is 1. The molecule has 1 heterocycles. The highest BCUT2D eigenvalue weighted by Crippen LogP contribution is 2.30. The Hall–Kier alpha value is -1.28. The summed E-state index contributed by atoms with van der Waals surface area (Å²) in [7, 11) is -5.86. The van der Waals surface area contributed by atoms with E-state index in [2.05, 4.69) is 23.9 Å². The van der Waals surface area contributed by atoms with Crippen LogP contribution in [0.15, 0.2) is 38.0 Å². The molecular weight excluding hydrogens is 409 g/mol. The zero-order valence-electron chi connectivity index (χ0n) is 14.9. The minimum Gasteiger partial charge on any atom is -0.369 e. The number of aliphatic hydroxyl groups is 1. The highest BCUT2D eigenvalue weighted by atomic mass is 32.2. The quantitative estimate of drug-likeness (QED) is 0.280. The Morgan fingerprint density at radius 2 is 1.39 bits per heavy atom. The molecule has 0 aromatic rings. The molecule has 5 atom stereocenters. The Balaban J connectivity index is 3.07. The fourth-order valence-corrected chi connectivity index (χ4v) is 2.81. The smallest absolute Gasteiger partial charge is 0.369 e. The molecule has 1 aliphatic heterocycles. The Morgan fingerprint density at radius 1 is 0.929 bits per heavy atom. The second-order valence-corrected chi connectivity index (χ2v) is 7.12. The predicted molar refractivity (Wildman–Crippen MR) is 91.6 cm³/mol. The molecule has 1 fully saturated rings. The summed E-state index contributed by atoms with van der Waals surface area (Å²) in [4.78, 5) is 0. The van der Waals surface area contributed by atoms with E-state index in [0.717, 1.165) is 0 Å². The summed E-state index contributed by atoms with van der Waals surface area (Å²) in [6.07, 6.45) is -2.17. The van der Waals surface area contributed by atoms with Gasteiger partial charge in [-0.15, -0.1) is 19.7 Å². The van der Waals surface area contributed by atoms with Gasteiger partial charge in [0.2, 0.25) is 0 Å². The number of ether oxygens (including phenoxy) is 4. The Morgan fingerprint density at radius 3 is 1.86 bits per heavy atom. The molecule has 0 aromatic heterocycles. The lowest BCUT2D eigenvalue weighted by molar-refractivity contribution is -0.305. The summed E-state index contributed by atoms with van der Waals surface area (Å²) in [6.45, 7) is 9.31. The van der Waals surface area contributed by atoms with Crippen LogP contribution in [0.2, 0.25) is 0 Å². The van der Waals surface area contributed by atoms with Crippen LogP contribution in [0.25, 0.3) is 0 Å². The van der Waals surface area contributed by atoms with Gasteiger partial charge < -0.3 is 24.1 Å². The van der Waals surface area contributed by atoms with Crippen LogP contribution in [0.1, 0.15) is 0 Å². The van der Waals surface area contributed by atoms with Gasteiger partial charge in [-0.2, -0.15) is 21.6 Å². The van der Waals surface area contributed by atoms with E-state index in [1.54, 1.807) is 0 Å². The third-order valence-electron chi connectivity index (χ3n) is 3.50. The van der Waals surface area contributed by atoms with Gasteiger partial charge in [0.15, 0.2) is 6.29 Å². The van der Waals surface area contributed by atoms with Crippen molar-refractivity contribution in [2.75, 3.05) is 26.4 Å². The number of halogens is 3. The van der Waals surface area contributed by atoms with Crippen LogP contribution in [-0.2, 0) is 33.2 Å². The van der Waals surface area contributed by atoms with Crippen molar-refractivity contribution in [2.45, 2.75) is 36.2 Å². The van der Waals surface area contributed by atoms with Crippen molar-refractivity contribution in [3.8, 4) is 0 Å². The van der Waals surface area contributed by atoms with Gasteiger partial charge in [-0.05, 0) is 0 Å². The summed E-state index contributed by atoms with van der Waals surface area (Å²) in [6, 6.07) is 0. The van der Waals surface area contributed by atoms with Gasteiger partial charge in [-0.1, -0.05) is 18.2 Å². The van der Waals surface area contributed by atoms with E-state index in [1.165, 1.54) is 18.2 Å². The summed E-state index contributed by atoms with van der Waals surface area (Å²) in [5, 5.41) is 10.2. The predicted octanol–water partition coefficient (Wildman–Crippen LogP) is 1.28. The molecule has 1 saturated heterocycles. The first kappa shape index (κ1) is 24.8. The first-order valence-electron chi connectivity index (χ1n) is 8.05. The molecule has 0 aliphatic carbocycles. The lowest BCUT2D eigenvalue weighted by atomic mass is 9.98. The highest BCUT2D eigenvalue weighted by molar-refractivity contribution is 7.87. The van der Waals surface area contributed by atoms with Gasteiger partial charge in [0.05, 0.1) is 26.4 Å². The van der Waals surface area contributed by atoms with Crippen molar-refractivity contribution in [2.24, 2.45) is 0 Å². The number of alkyl halides is 3.